The number of carbonyl (C=O) groups excluding carboxylic acids is 3. The van der Waals surface area contributed by atoms with Gasteiger partial charge < -0.3 is 48.4 Å². The van der Waals surface area contributed by atoms with E-state index in [-0.39, 0.29) is 37.4 Å². The third kappa shape index (κ3) is 12.4. The van der Waals surface area contributed by atoms with Crippen molar-refractivity contribution in [1.29, 1.82) is 0 Å². The Morgan fingerprint density at radius 1 is 0.895 bits per heavy atom. The number of esters is 1. The summed E-state index contributed by atoms with van der Waals surface area (Å²) in [4.78, 5) is 86.7. The lowest BCUT2D eigenvalue weighted by molar-refractivity contribution is -0.790. The zero-order valence-corrected chi connectivity index (χ0v) is 31.4. The second kappa shape index (κ2) is 19.9. The standard InChI is InChI=1S/C36H39N5O16/c1-20-14-24(33-38-28-17-27(50-4)18-30(51-5)31(28)34(43)39-33)15-21(2)32(20)52-12-13-54-36(45)56-25-8-6-23(7-9-25)16-29(37-22(3)42)35(44)53-11-10-26(57-41(48)49)19-55-40(46)47/h6-9,14-15,17-18,26,29H,10-13,16,19H2,1-5H3,(H,37,42)(H,38,39,43). The molecule has 0 spiro atoms. The molecule has 21 heteroatoms. The fraction of sp³-hybridized carbons (Fsp3) is 0.361. The number of aryl methyl sites for hydroxylation is 2. The molecular weight excluding hydrogens is 758 g/mol. The van der Waals surface area contributed by atoms with Gasteiger partial charge in [-0.25, -0.2) is 14.6 Å². The van der Waals surface area contributed by atoms with Crippen molar-refractivity contribution in [3.05, 3.63) is 95.8 Å². The van der Waals surface area contributed by atoms with Crippen LogP contribution >= 0.6 is 0 Å². The van der Waals surface area contributed by atoms with Gasteiger partial charge in [-0.1, -0.05) is 12.1 Å². The second-order valence-electron chi connectivity index (χ2n) is 12.2. The topological polar surface area (TPSA) is 269 Å². The number of fused-ring (bicyclic) bond motifs is 1. The van der Waals surface area contributed by atoms with Crippen LogP contribution in [0.5, 0.6) is 23.0 Å². The van der Waals surface area contributed by atoms with Crippen LogP contribution in [-0.2, 0) is 35.2 Å². The zero-order valence-electron chi connectivity index (χ0n) is 31.4. The van der Waals surface area contributed by atoms with E-state index < -0.39 is 53.6 Å². The van der Waals surface area contributed by atoms with Crippen LogP contribution in [-0.4, -0.2) is 91.0 Å². The van der Waals surface area contributed by atoms with Gasteiger partial charge in [0.1, 0.15) is 66.2 Å². The molecule has 1 amide bonds. The van der Waals surface area contributed by atoms with Crippen molar-refractivity contribution in [2.24, 2.45) is 0 Å². The highest BCUT2D eigenvalue weighted by molar-refractivity contribution is 5.87. The molecule has 1 aromatic heterocycles. The number of H-pyrrole nitrogens is 1. The molecule has 304 valence electrons. The molecule has 0 aliphatic rings. The van der Waals surface area contributed by atoms with Gasteiger partial charge >= 0.3 is 12.1 Å². The number of hydrogen-bond donors (Lipinski definition) is 2. The zero-order chi connectivity index (χ0) is 41.6. The molecule has 0 aliphatic carbocycles. The second-order valence-corrected chi connectivity index (χ2v) is 12.2. The van der Waals surface area contributed by atoms with Gasteiger partial charge in [0.2, 0.25) is 5.91 Å². The Hall–Kier alpha value is -7.19. The van der Waals surface area contributed by atoms with Crippen LogP contribution in [0, 0.1) is 34.1 Å². The van der Waals surface area contributed by atoms with Crippen LogP contribution in [0.3, 0.4) is 0 Å². The SMILES string of the molecule is COc1cc(OC)c2c(=O)[nH]c(-c3cc(C)c(OCCOC(=O)Oc4ccc(CC(NC(C)=O)C(=O)OCCC(CO[N+](=O)[O-])O[N+](=O)[O-])cc4)c(C)c3)nc2c1. The summed E-state index contributed by atoms with van der Waals surface area (Å²) >= 11 is 0. The number of aromatic amines is 1. The van der Waals surface area contributed by atoms with Crippen molar-refractivity contribution in [1.82, 2.24) is 15.3 Å². The molecule has 0 saturated carbocycles. The Morgan fingerprint density at radius 2 is 1.60 bits per heavy atom. The fourth-order valence-electron chi connectivity index (χ4n) is 5.53. The van der Waals surface area contributed by atoms with E-state index in [0.717, 1.165) is 11.1 Å². The molecule has 2 N–H and O–H groups in total. The third-order valence-electron chi connectivity index (χ3n) is 8.00. The van der Waals surface area contributed by atoms with Crippen LogP contribution < -0.4 is 29.8 Å². The van der Waals surface area contributed by atoms with Crippen molar-refractivity contribution in [2.75, 3.05) is 40.6 Å². The van der Waals surface area contributed by atoms with Gasteiger partial charge in [0.15, 0.2) is 0 Å². The number of hydrogen-bond acceptors (Lipinski definition) is 17. The minimum absolute atomic E-state index is 0.00355. The van der Waals surface area contributed by atoms with Gasteiger partial charge in [-0.3, -0.25) is 9.59 Å². The quantitative estimate of drug-likeness (QED) is 0.0425. The number of methoxy groups -OCH3 is 2. The molecule has 4 rings (SSSR count). The number of carbonyl (C=O) groups is 3. The summed E-state index contributed by atoms with van der Waals surface area (Å²) in [6.07, 6.45) is -2.74. The molecule has 21 nitrogen and oxygen atoms in total. The predicted octanol–water partition coefficient (Wildman–Crippen LogP) is 3.58. The van der Waals surface area contributed by atoms with Crippen molar-refractivity contribution < 1.29 is 62.7 Å². The fourth-order valence-corrected chi connectivity index (χ4v) is 5.53. The molecular formula is C36H39N5O16. The number of benzene rings is 3. The Bertz CT molecular complexity index is 2130. The van der Waals surface area contributed by atoms with Gasteiger partial charge in [-0.2, -0.15) is 0 Å². The van der Waals surface area contributed by atoms with E-state index in [4.69, 9.17) is 28.4 Å². The number of ether oxygens (including phenoxy) is 6. The molecule has 2 unspecified atom stereocenters. The Balaban J connectivity index is 1.27. The average molecular weight is 798 g/mol. The van der Waals surface area contributed by atoms with Crippen molar-refractivity contribution in [2.45, 2.75) is 45.8 Å². The summed E-state index contributed by atoms with van der Waals surface area (Å²) < 4.78 is 32.0. The average Bonchev–Trinajstić information content (AvgIpc) is 3.15. The molecule has 2 atom stereocenters. The monoisotopic (exact) mass is 797 g/mol. The van der Waals surface area contributed by atoms with E-state index in [2.05, 4.69) is 25.0 Å². The number of nitrogens with one attached hydrogen (secondary N) is 2. The van der Waals surface area contributed by atoms with Crippen LogP contribution in [0.15, 0.2) is 53.3 Å². The van der Waals surface area contributed by atoms with Crippen LogP contribution in [0.1, 0.15) is 30.0 Å². The molecule has 57 heavy (non-hydrogen) atoms. The highest BCUT2D eigenvalue weighted by Gasteiger charge is 2.24. The molecule has 0 bridgehead atoms. The molecule has 0 fully saturated rings. The number of aromatic nitrogens is 2. The van der Waals surface area contributed by atoms with E-state index in [9.17, 15) is 39.4 Å². The smallest absolute Gasteiger partial charge is 0.497 e. The summed E-state index contributed by atoms with van der Waals surface area (Å²) in [5, 5.41) is 21.5. The summed E-state index contributed by atoms with van der Waals surface area (Å²) in [5.74, 6) is 0.404. The van der Waals surface area contributed by atoms with E-state index in [1.165, 1.54) is 45.4 Å². The van der Waals surface area contributed by atoms with Crippen molar-refractivity contribution in [3.8, 4) is 34.4 Å². The molecule has 0 saturated heterocycles. The van der Waals surface area contributed by atoms with E-state index >= 15 is 0 Å². The molecule has 1 heterocycles. The lowest BCUT2D eigenvalue weighted by Crippen LogP contribution is -2.42. The van der Waals surface area contributed by atoms with E-state index in [0.29, 0.717) is 45.1 Å². The largest absolute Gasteiger partial charge is 0.513 e. The van der Waals surface area contributed by atoms with Gasteiger partial charge in [0.25, 0.3) is 15.7 Å². The first-order valence-corrected chi connectivity index (χ1v) is 17.0. The number of rotatable bonds is 20. The maximum atomic E-state index is 13.0. The minimum atomic E-state index is -1.39. The molecule has 4 aromatic rings. The highest BCUT2D eigenvalue weighted by atomic mass is 17.0. The Labute approximate surface area is 323 Å². The Kier molecular flexibility index (Phi) is 14.9. The molecule has 0 aliphatic heterocycles. The van der Waals surface area contributed by atoms with Crippen LogP contribution in [0.2, 0.25) is 0 Å². The highest BCUT2D eigenvalue weighted by Crippen LogP contribution is 2.31. The maximum absolute atomic E-state index is 13.0. The van der Waals surface area contributed by atoms with Crippen molar-refractivity contribution in [3.63, 3.8) is 0 Å². The summed E-state index contributed by atoms with van der Waals surface area (Å²) in [6, 6.07) is 11.6. The van der Waals surface area contributed by atoms with E-state index in [1.54, 1.807) is 24.3 Å². The predicted molar refractivity (Wildman–Crippen MR) is 196 cm³/mol. The van der Waals surface area contributed by atoms with Gasteiger partial charge in [0.05, 0.1) is 26.3 Å². The first-order valence-electron chi connectivity index (χ1n) is 17.0. The van der Waals surface area contributed by atoms with Crippen LogP contribution in [0.4, 0.5) is 4.79 Å². The van der Waals surface area contributed by atoms with E-state index in [1.807, 2.05) is 13.8 Å². The van der Waals surface area contributed by atoms with Crippen LogP contribution in [0.25, 0.3) is 22.3 Å². The molecule has 3 aromatic carbocycles. The third-order valence-corrected chi connectivity index (χ3v) is 8.00. The maximum Gasteiger partial charge on any atom is 0.513 e. The van der Waals surface area contributed by atoms with Gasteiger partial charge in [-0.15, -0.1) is 20.2 Å². The van der Waals surface area contributed by atoms with Crippen molar-refractivity contribution >= 4 is 28.9 Å². The lowest BCUT2D eigenvalue weighted by Gasteiger charge is -2.18. The van der Waals surface area contributed by atoms with Gasteiger partial charge in [-0.05, 0) is 54.8 Å². The lowest BCUT2D eigenvalue weighted by atomic mass is 10.0. The molecule has 0 radical (unpaired) electrons. The summed E-state index contributed by atoms with van der Waals surface area (Å²) in [6.45, 7) is 3.48. The summed E-state index contributed by atoms with van der Waals surface area (Å²) in [7, 11) is 2.96. The number of nitrogens with zero attached hydrogens (tertiary/aromatic N) is 3. The minimum Gasteiger partial charge on any atom is -0.497 e. The first-order chi connectivity index (χ1) is 27.2. The Morgan fingerprint density at radius 3 is 2.21 bits per heavy atom. The normalized spacial score (nSPS) is 11.7. The summed E-state index contributed by atoms with van der Waals surface area (Å²) in [5.41, 5.74) is 2.68. The number of amides is 1. The van der Waals surface area contributed by atoms with Gasteiger partial charge in [0, 0.05) is 37.5 Å². The first kappa shape index (κ1) is 42.6.